The fourth-order valence-electron chi connectivity index (χ4n) is 0.606. The van der Waals surface area contributed by atoms with E-state index < -0.39 is 0 Å². The maximum atomic E-state index is 9.45. The van der Waals surface area contributed by atoms with Gasteiger partial charge in [0.2, 0.25) is 5.75 Å². The fourth-order valence-corrected chi connectivity index (χ4v) is 0.606. The van der Waals surface area contributed by atoms with Crippen molar-refractivity contribution < 1.29 is 55.0 Å². The predicted octanol–water partition coefficient (Wildman–Crippen LogP) is -3.31. The van der Waals surface area contributed by atoms with Crippen LogP contribution in [0.4, 0.5) is 0 Å². The first-order valence-corrected chi connectivity index (χ1v) is 2.72. The van der Waals surface area contributed by atoms with E-state index in [1.165, 1.54) is 12.1 Å². The molecular formula is C6H5NaO5. The second-order valence-corrected chi connectivity index (χ2v) is 1.80. The monoisotopic (exact) mass is 180 g/mol. The molecule has 0 saturated heterocycles. The molecule has 0 radical (unpaired) electrons. The molecular weight excluding hydrogens is 175 g/mol. The van der Waals surface area contributed by atoms with E-state index >= 15 is 0 Å². The molecule has 0 aliphatic rings. The molecule has 1 rings (SSSR count). The smallest absolute Gasteiger partial charge is 0.682 e. The van der Waals surface area contributed by atoms with Gasteiger partial charge in [-0.1, -0.05) is 0 Å². The third-order valence-corrected chi connectivity index (χ3v) is 1.07. The number of benzene rings is 1. The third-order valence-electron chi connectivity index (χ3n) is 1.07. The summed E-state index contributed by atoms with van der Waals surface area (Å²) in [5.74, 6) is -0.631. The Hall–Kier alpha value is -0.460. The number of phenolic OH excluding ortho intramolecular Hbond substituents is 2. The van der Waals surface area contributed by atoms with Crippen molar-refractivity contribution in [2.45, 2.75) is 0 Å². The van der Waals surface area contributed by atoms with Gasteiger partial charge in [-0.15, -0.1) is 0 Å². The molecule has 6 heteroatoms. The quantitative estimate of drug-likeness (QED) is 0.215. The van der Waals surface area contributed by atoms with Crippen LogP contribution in [-0.4, -0.2) is 10.2 Å². The Morgan fingerprint density at radius 3 is 2.50 bits per heavy atom. The van der Waals surface area contributed by atoms with E-state index in [2.05, 4.69) is 9.93 Å². The molecule has 0 spiro atoms. The zero-order chi connectivity index (χ0) is 8.27. The molecule has 0 aliphatic carbocycles. The van der Waals surface area contributed by atoms with Crippen LogP contribution < -0.4 is 39.7 Å². The van der Waals surface area contributed by atoms with Gasteiger partial charge in [-0.05, 0) is 12.1 Å². The van der Waals surface area contributed by atoms with Crippen molar-refractivity contribution in [2.75, 3.05) is 0 Å². The molecule has 0 atom stereocenters. The first-order valence-electron chi connectivity index (χ1n) is 2.72. The van der Waals surface area contributed by atoms with Gasteiger partial charge in [0.15, 0.2) is 5.75 Å². The summed E-state index contributed by atoms with van der Waals surface area (Å²) in [6.45, 7) is 0. The molecule has 0 fully saturated rings. The largest absolute Gasteiger partial charge is 1.00 e. The van der Waals surface area contributed by atoms with Crippen LogP contribution in [0.3, 0.4) is 0 Å². The third kappa shape index (κ3) is 2.88. The molecule has 0 unspecified atom stereocenters. The first-order chi connectivity index (χ1) is 5.24. The van der Waals surface area contributed by atoms with Crippen LogP contribution in [0.2, 0.25) is 0 Å². The summed E-state index contributed by atoms with van der Waals surface area (Å²) < 4.78 is 0. The molecule has 1 aromatic carbocycles. The average molecular weight is 180 g/mol. The SMILES string of the molecule is [Na+].[O-]OOc1cc(O)ccc1O. The number of hydrogen-bond donors (Lipinski definition) is 2. The Morgan fingerprint density at radius 1 is 1.25 bits per heavy atom. The molecule has 0 bridgehead atoms. The number of phenols is 2. The molecule has 0 aromatic heterocycles. The topological polar surface area (TPSA) is 82.0 Å². The van der Waals surface area contributed by atoms with Crippen molar-refractivity contribution >= 4 is 0 Å². The molecule has 0 amide bonds. The molecule has 0 saturated carbocycles. The minimum absolute atomic E-state index is 0. The van der Waals surface area contributed by atoms with E-state index in [1.54, 1.807) is 0 Å². The van der Waals surface area contributed by atoms with Crippen molar-refractivity contribution in [3.63, 3.8) is 0 Å². The summed E-state index contributed by atoms with van der Waals surface area (Å²) in [5.41, 5.74) is 0. The van der Waals surface area contributed by atoms with Crippen LogP contribution in [0.15, 0.2) is 18.2 Å². The van der Waals surface area contributed by atoms with Crippen LogP contribution >= 0.6 is 0 Å². The summed E-state index contributed by atoms with van der Waals surface area (Å²) in [6.07, 6.45) is 0. The Labute approximate surface area is 90.3 Å². The van der Waals surface area contributed by atoms with Gasteiger partial charge in [-0.3, -0.25) is 0 Å². The Kier molecular flexibility index (Phi) is 5.03. The van der Waals surface area contributed by atoms with Gasteiger partial charge >= 0.3 is 29.6 Å². The Bertz CT molecular complexity index is 252. The van der Waals surface area contributed by atoms with Crippen LogP contribution in [0.5, 0.6) is 17.2 Å². The number of hydrogen-bond acceptors (Lipinski definition) is 5. The minimum Gasteiger partial charge on any atom is -0.682 e. The molecule has 0 heterocycles. The molecule has 1 aromatic rings. The summed E-state index contributed by atoms with van der Waals surface area (Å²) in [6, 6.07) is 3.46. The predicted molar refractivity (Wildman–Crippen MR) is 31.5 cm³/mol. The van der Waals surface area contributed by atoms with Crippen molar-refractivity contribution in [2.24, 2.45) is 0 Å². The van der Waals surface area contributed by atoms with E-state index in [0.717, 1.165) is 6.07 Å². The van der Waals surface area contributed by atoms with E-state index in [4.69, 9.17) is 10.2 Å². The zero-order valence-corrected chi connectivity index (χ0v) is 8.35. The minimum atomic E-state index is -0.279. The molecule has 12 heavy (non-hydrogen) atoms. The van der Waals surface area contributed by atoms with Crippen LogP contribution in [0.25, 0.3) is 0 Å². The van der Waals surface area contributed by atoms with Gasteiger partial charge in [-0.25, -0.2) is 5.04 Å². The maximum absolute atomic E-state index is 9.45. The summed E-state index contributed by atoms with van der Waals surface area (Å²) in [7, 11) is 0. The zero-order valence-electron chi connectivity index (χ0n) is 6.35. The Morgan fingerprint density at radius 2 is 1.92 bits per heavy atom. The van der Waals surface area contributed by atoms with E-state index in [1.807, 2.05) is 0 Å². The van der Waals surface area contributed by atoms with E-state index in [0.29, 0.717) is 0 Å². The van der Waals surface area contributed by atoms with Crippen molar-refractivity contribution in [3.8, 4) is 17.2 Å². The van der Waals surface area contributed by atoms with E-state index in [-0.39, 0.29) is 46.8 Å². The van der Waals surface area contributed by atoms with Crippen molar-refractivity contribution in [3.05, 3.63) is 18.2 Å². The molecule has 60 valence electrons. The van der Waals surface area contributed by atoms with Crippen LogP contribution in [0.1, 0.15) is 0 Å². The molecule has 5 nitrogen and oxygen atoms in total. The van der Waals surface area contributed by atoms with Crippen LogP contribution in [-0.2, 0) is 5.04 Å². The van der Waals surface area contributed by atoms with Crippen molar-refractivity contribution in [1.82, 2.24) is 0 Å². The van der Waals surface area contributed by atoms with Crippen LogP contribution in [0, 0.1) is 0 Å². The van der Waals surface area contributed by atoms with E-state index in [9.17, 15) is 5.26 Å². The van der Waals surface area contributed by atoms with Gasteiger partial charge < -0.3 is 20.4 Å². The second-order valence-electron chi connectivity index (χ2n) is 1.80. The average Bonchev–Trinajstić information content (AvgIpc) is 1.98. The summed E-state index contributed by atoms with van der Waals surface area (Å²) in [4.78, 5) is 3.95. The summed E-state index contributed by atoms with van der Waals surface area (Å²) in [5, 5.41) is 30.2. The standard InChI is InChI=1S/C6H6O5.Na/c7-4-1-2-5(8)6(3-4)10-11-9;/h1-3,7-9H;/q;+1/p-1. The normalized spacial score (nSPS) is 8.75. The second kappa shape index (κ2) is 5.23. The van der Waals surface area contributed by atoms with Crippen molar-refractivity contribution in [1.29, 1.82) is 0 Å². The summed E-state index contributed by atoms with van der Waals surface area (Å²) >= 11 is 0. The first kappa shape index (κ1) is 11.5. The maximum Gasteiger partial charge on any atom is 1.00 e. The fraction of sp³-hybridized carbons (Fsp3) is 0. The van der Waals surface area contributed by atoms with Gasteiger partial charge in [0.05, 0.1) is 0 Å². The van der Waals surface area contributed by atoms with Gasteiger partial charge in [-0.2, -0.15) is 0 Å². The molecule has 2 N–H and O–H groups in total. The number of rotatable bonds is 2. The van der Waals surface area contributed by atoms with Gasteiger partial charge in [0, 0.05) is 6.07 Å². The molecule has 0 aliphatic heterocycles. The van der Waals surface area contributed by atoms with Gasteiger partial charge in [0.25, 0.3) is 0 Å². The number of aromatic hydroxyl groups is 2. The van der Waals surface area contributed by atoms with Gasteiger partial charge in [0.1, 0.15) is 5.75 Å². The Balaban J connectivity index is 0.00000121.